The molecule has 27 heavy (non-hydrogen) atoms. The van der Waals surface area contributed by atoms with Crippen LogP contribution in [0, 0.1) is 13.8 Å². The first-order chi connectivity index (χ1) is 12.9. The zero-order valence-electron chi connectivity index (χ0n) is 15.9. The van der Waals surface area contributed by atoms with E-state index in [4.69, 9.17) is 0 Å². The van der Waals surface area contributed by atoms with Crippen molar-refractivity contribution in [2.24, 2.45) is 5.10 Å². The second-order valence-corrected chi connectivity index (χ2v) is 6.65. The van der Waals surface area contributed by atoms with E-state index in [1.165, 1.54) is 11.1 Å². The summed E-state index contributed by atoms with van der Waals surface area (Å²) in [5, 5.41) is 11.0. The standard InChI is InChI=1S/C21H23N5O/c1-14-5-8-17(11-15(14)2)19-12-20(24-23-19)21(27)25-22-13-16-6-9-18(10-7-16)26(3)4/h5-13H,1-4H3,(H,23,24)(H,25,27)/b22-13+. The summed E-state index contributed by atoms with van der Waals surface area (Å²) in [4.78, 5) is 14.3. The summed E-state index contributed by atoms with van der Waals surface area (Å²) in [6.45, 7) is 4.12. The molecule has 1 heterocycles. The van der Waals surface area contributed by atoms with Gasteiger partial charge in [-0.05, 0) is 54.8 Å². The maximum atomic E-state index is 12.2. The summed E-state index contributed by atoms with van der Waals surface area (Å²) in [5.41, 5.74) is 9.00. The van der Waals surface area contributed by atoms with Gasteiger partial charge < -0.3 is 4.90 Å². The molecule has 0 saturated heterocycles. The van der Waals surface area contributed by atoms with E-state index in [-0.39, 0.29) is 5.91 Å². The number of aromatic amines is 1. The minimum absolute atomic E-state index is 0.334. The van der Waals surface area contributed by atoms with Gasteiger partial charge in [-0.1, -0.05) is 24.3 Å². The van der Waals surface area contributed by atoms with E-state index in [9.17, 15) is 4.79 Å². The molecular formula is C21H23N5O. The first-order valence-electron chi connectivity index (χ1n) is 8.68. The predicted molar refractivity (Wildman–Crippen MR) is 109 cm³/mol. The topological polar surface area (TPSA) is 73.4 Å². The maximum absolute atomic E-state index is 12.2. The Morgan fingerprint density at radius 1 is 1.07 bits per heavy atom. The summed E-state index contributed by atoms with van der Waals surface area (Å²) in [6.07, 6.45) is 1.61. The van der Waals surface area contributed by atoms with Gasteiger partial charge in [0.05, 0.1) is 11.9 Å². The Balaban J connectivity index is 1.64. The normalized spacial score (nSPS) is 11.0. The van der Waals surface area contributed by atoms with Crippen molar-refractivity contribution in [2.75, 3.05) is 19.0 Å². The minimum Gasteiger partial charge on any atom is -0.378 e. The Morgan fingerprint density at radius 2 is 1.81 bits per heavy atom. The number of hydrogen-bond donors (Lipinski definition) is 2. The molecule has 0 aliphatic rings. The summed E-state index contributed by atoms with van der Waals surface area (Å²) < 4.78 is 0. The monoisotopic (exact) mass is 361 g/mol. The Hall–Kier alpha value is -3.41. The SMILES string of the molecule is Cc1ccc(-c2cc(C(=O)N/N=C/c3ccc(N(C)C)cc3)[nH]n2)cc1C. The molecule has 0 spiro atoms. The van der Waals surface area contributed by atoms with E-state index < -0.39 is 0 Å². The van der Waals surface area contributed by atoms with Crippen LogP contribution in [0.5, 0.6) is 0 Å². The Morgan fingerprint density at radius 3 is 2.48 bits per heavy atom. The van der Waals surface area contributed by atoms with Gasteiger partial charge in [-0.15, -0.1) is 0 Å². The fourth-order valence-corrected chi connectivity index (χ4v) is 2.57. The third-order valence-corrected chi connectivity index (χ3v) is 4.41. The lowest BCUT2D eigenvalue weighted by molar-refractivity contribution is 0.0950. The van der Waals surface area contributed by atoms with Gasteiger partial charge in [0.2, 0.25) is 0 Å². The number of nitrogens with zero attached hydrogens (tertiary/aromatic N) is 3. The van der Waals surface area contributed by atoms with Gasteiger partial charge in [0.15, 0.2) is 0 Å². The maximum Gasteiger partial charge on any atom is 0.289 e. The quantitative estimate of drug-likeness (QED) is 0.539. The zero-order chi connectivity index (χ0) is 19.4. The van der Waals surface area contributed by atoms with Crippen LogP contribution >= 0.6 is 0 Å². The van der Waals surface area contributed by atoms with Gasteiger partial charge in [0.1, 0.15) is 5.69 Å². The first kappa shape index (κ1) is 18.4. The van der Waals surface area contributed by atoms with Crippen molar-refractivity contribution in [2.45, 2.75) is 13.8 Å². The number of aryl methyl sites for hydroxylation is 2. The van der Waals surface area contributed by atoms with Crippen LogP contribution in [-0.4, -0.2) is 36.4 Å². The molecule has 6 heteroatoms. The fourth-order valence-electron chi connectivity index (χ4n) is 2.57. The van der Waals surface area contributed by atoms with Crippen molar-refractivity contribution >= 4 is 17.8 Å². The first-order valence-corrected chi connectivity index (χ1v) is 8.68. The van der Waals surface area contributed by atoms with Gasteiger partial charge >= 0.3 is 0 Å². The van der Waals surface area contributed by atoms with Crippen molar-refractivity contribution < 1.29 is 4.79 Å². The highest BCUT2D eigenvalue weighted by atomic mass is 16.2. The largest absolute Gasteiger partial charge is 0.378 e. The lowest BCUT2D eigenvalue weighted by atomic mass is 10.0. The molecule has 0 saturated carbocycles. The number of benzene rings is 2. The van der Waals surface area contributed by atoms with E-state index in [1.54, 1.807) is 12.3 Å². The predicted octanol–water partition coefficient (Wildman–Crippen LogP) is 3.52. The number of carbonyl (C=O) groups is 1. The number of hydrazone groups is 1. The van der Waals surface area contributed by atoms with E-state index in [0.717, 1.165) is 22.5 Å². The molecule has 2 aromatic carbocycles. The molecule has 138 valence electrons. The van der Waals surface area contributed by atoms with E-state index in [0.29, 0.717) is 5.69 Å². The Labute approximate surface area is 158 Å². The number of amides is 1. The number of aromatic nitrogens is 2. The van der Waals surface area contributed by atoms with Crippen LogP contribution in [-0.2, 0) is 0 Å². The van der Waals surface area contributed by atoms with Crippen LogP contribution < -0.4 is 10.3 Å². The van der Waals surface area contributed by atoms with E-state index in [1.807, 2.05) is 55.4 Å². The lowest BCUT2D eigenvalue weighted by Crippen LogP contribution is -2.18. The highest BCUT2D eigenvalue weighted by Gasteiger charge is 2.10. The highest BCUT2D eigenvalue weighted by Crippen LogP contribution is 2.20. The molecule has 0 fully saturated rings. The third-order valence-electron chi connectivity index (χ3n) is 4.41. The van der Waals surface area contributed by atoms with Crippen LogP contribution in [0.1, 0.15) is 27.2 Å². The molecule has 0 atom stereocenters. The number of carbonyl (C=O) groups excluding carboxylic acids is 1. The van der Waals surface area contributed by atoms with Gasteiger partial charge in [-0.25, -0.2) is 5.43 Å². The summed E-state index contributed by atoms with van der Waals surface area (Å²) in [5.74, 6) is -0.334. The molecule has 1 amide bonds. The van der Waals surface area contributed by atoms with Gasteiger partial charge in [0.25, 0.3) is 5.91 Å². The second kappa shape index (κ2) is 7.86. The molecule has 0 aliphatic heterocycles. The van der Waals surface area contributed by atoms with Gasteiger partial charge in [0, 0.05) is 25.3 Å². The number of H-pyrrole nitrogens is 1. The van der Waals surface area contributed by atoms with Crippen LogP contribution in [0.15, 0.2) is 53.6 Å². The van der Waals surface area contributed by atoms with Gasteiger partial charge in [-0.2, -0.15) is 10.2 Å². The van der Waals surface area contributed by atoms with Crippen molar-refractivity contribution in [1.82, 2.24) is 15.6 Å². The van der Waals surface area contributed by atoms with Gasteiger partial charge in [-0.3, -0.25) is 9.89 Å². The Bertz CT molecular complexity index is 970. The molecule has 2 N–H and O–H groups in total. The summed E-state index contributed by atoms with van der Waals surface area (Å²) in [6, 6.07) is 15.7. The van der Waals surface area contributed by atoms with Crippen LogP contribution in [0.2, 0.25) is 0 Å². The molecule has 3 rings (SSSR count). The Kier molecular flexibility index (Phi) is 5.35. The molecule has 1 aromatic heterocycles. The van der Waals surface area contributed by atoms with Crippen molar-refractivity contribution in [3.8, 4) is 11.3 Å². The van der Waals surface area contributed by atoms with E-state index >= 15 is 0 Å². The van der Waals surface area contributed by atoms with Crippen molar-refractivity contribution in [3.05, 3.63) is 70.9 Å². The molecule has 3 aromatic rings. The number of rotatable bonds is 5. The molecule has 0 radical (unpaired) electrons. The molecule has 0 bridgehead atoms. The third kappa shape index (κ3) is 4.41. The number of nitrogens with one attached hydrogen (secondary N) is 2. The summed E-state index contributed by atoms with van der Waals surface area (Å²) >= 11 is 0. The smallest absolute Gasteiger partial charge is 0.289 e. The fraction of sp³-hybridized carbons (Fsp3) is 0.190. The van der Waals surface area contributed by atoms with Crippen molar-refractivity contribution in [1.29, 1.82) is 0 Å². The zero-order valence-corrected chi connectivity index (χ0v) is 15.9. The molecule has 0 aliphatic carbocycles. The summed E-state index contributed by atoms with van der Waals surface area (Å²) in [7, 11) is 3.97. The van der Waals surface area contributed by atoms with Crippen molar-refractivity contribution in [3.63, 3.8) is 0 Å². The average Bonchev–Trinajstić information content (AvgIpc) is 3.14. The van der Waals surface area contributed by atoms with E-state index in [2.05, 4.69) is 40.6 Å². The average molecular weight is 361 g/mol. The number of hydrogen-bond acceptors (Lipinski definition) is 4. The van der Waals surface area contributed by atoms with Crippen LogP contribution in [0.25, 0.3) is 11.3 Å². The lowest BCUT2D eigenvalue weighted by Gasteiger charge is -2.11. The van der Waals surface area contributed by atoms with Crippen LogP contribution in [0.3, 0.4) is 0 Å². The molecular weight excluding hydrogens is 338 g/mol. The second-order valence-electron chi connectivity index (χ2n) is 6.65. The highest BCUT2D eigenvalue weighted by molar-refractivity contribution is 5.94. The number of anilines is 1. The minimum atomic E-state index is -0.334. The molecule has 0 unspecified atom stereocenters. The van der Waals surface area contributed by atoms with Crippen LogP contribution in [0.4, 0.5) is 5.69 Å². The molecule has 6 nitrogen and oxygen atoms in total.